The maximum absolute atomic E-state index is 11.7. The van der Waals surface area contributed by atoms with Crippen LogP contribution in [0, 0.1) is 0 Å². The molecule has 1 aliphatic heterocycles. The Morgan fingerprint density at radius 2 is 2.42 bits per heavy atom. The second-order valence-corrected chi connectivity index (χ2v) is 4.02. The van der Waals surface area contributed by atoms with Crippen LogP contribution in [0.3, 0.4) is 0 Å². The van der Waals surface area contributed by atoms with E-state index < -0.39 is 35.9 Å². The Balaban J connectivity index is 2.55. The normalized spacial score (nSPS) is 30.0. The van der Waals surface area contributed by atoms with Crippen LogP contribution in [0.4, 0.5) is 0 Å². The minimum atomic E-state index is -1.80. The molecule has 3 N–H and O–H groups in total. The van der Waals surface area contributed by atoms with Crippen LogP contribution in [0.25, 0.3) is 10.4 Å². The lowest BCUT2D eigenvalue weighted by Crippen LogP contribution is -2.42. The SMILES string of the molecule is [N-]=[N+]=N[C@]1(n2ccc(=O)[nH]c2=O)C[C@H](O)[C@@H](CO)O1. The molecule has 2 heterocycles. The van der Waals surface area contributed by atoms with Gasteiger partial charge in [0, 0.05) is 23.6 Å². The second-order valence-electron chi connectivity index (χ2n) is 4.02. The van der Waals surface area contributed by atoms with Crippen LogP contribution in [0.5, 0.6) is 0 Å². The number of nitrogens with one attached hydrogen (secondary N) is 1. The predicted molar refractivity (Wildman–Crippen MR) is 61.0 cm³/mol. The molecule has 0 unspecified atom stereocenters. The van der Waals surface area contributed by atoms with Crippen LogP contribution >= 0.6 is 0 Å². The van der Waals surface area contributed by atoms with Crippen molar-refractivity contribution >= 4 is 0 Å². The lowest BCUT2D eigenvalue weighted by atomic mass is 10.1. The fraction of sp³-hybridized carbons (Fsp3) is 0.556. The van der Waals surface area contributed by atoms with Gasteiger partial charge in [0.05, 0.1) is 12.7 Å². The summed E-state index contributed by atoms with van der Waals surface area (Å²) < 4.78 is 6.15. The molecule has 10 nitrogen and oxygen atoms in total. The van der Waals surface area contributed by atoms with Crippen molar-refractivity contribution in [3.8, 4) is 0 Å². The van der Waals surface area contributed by atoms with Gasteiger partial charge in [-0.05, 0) is 10.6 Å². The molecule has 0 radical (unpaired) electrons. The Morgan fingerprint density at radius 3 is 2.95 bits per heavy atom. The zero-order chi connectivity index (χ0) is 14.0. The molecule has 10 heteroatoms. The van der Waals surface area contributed by atoms with Gasteiger partial charge in [-0.3, -0.25) is 14.3 Å². The number of aliphatic hydroxyl groups excluding tert-OH is 2. The van der Waals surface area contributed by atoms with Gasteiger partial charge in [0.25, 0.3) is 5.56 Å². The van der Waals surface area contributed by atoms with Crippen LogP contribution in [0.1, 0.15) is 6.42 Å². The first-order chi connectivity index (χ1) is 9.02. The maximum Gasteiger partial charge on any atom is 0.330 e. The third-order valence-corrected chi connectivity index (χ3v) is 2.83. The van der Waals surface area contributed by atoms with Crippen LogP contribution in [0.15, 0.2) is 27.0 Å². The highest BCUT2D eigenvalue weighted by Gasteiger charge is 2.47. The van der Waals surface area contributed by atoms with Crippen molar-refractivity contribution in [2.75, 3.05) is 6.61 Å². The molecule has 1 aromatic rings. The Kier molecular flexibility index (Phi) is 3.40. The minimum Gasteiger partial charge on any atom is -0.394 e. The fourth-order valence-corrected chi connectivity index (χ4v) is 1.96. The van der Waals surface area contributed by atoms with E-state index >= 15 is 0 Å². The Labute approximate surface area is 105 Å². The number of aliphatic hydroxyl groups is 2. The summed E-state index contributed by atoms with van der Waals surface area (Å²) in [6, 6.07) is 1.05. The Hall–Kier alpha value is -2.13. The third kappa shape index (κ3) is 2.25. The molecule has 1 aliphatic rings. The predicted octanol–water partition coefficient (Wildman–Crippen LogP) is -1.40. The number of rotatable bonds is 3. The van der Waals surface area contributed by atoms with Gasteiger partial charge in [-0.1, -0.05) is 0 Å². The molecule has 2 rings (SSSR count). The van der Waals surface area contributed by atoms with Crippen LogP contribution in [-0.2, 0) is 10.6 Å². The third-order valence-electron chi connectivity index (χ3n) is 2.83. The molecule has 1 fully saturated rings. The molecule has 0 amide bonds. The number of hydrogen-bond acceptors (Lipinski definition) is 6. The number of hydrogen-bond donors (Lipinski definition) is 3. The monoisotopic (exact) mass is 269 g/mol. The van der Waals surface area contributed by atoms with Gasteiger partial charge in [-0.25, -0.2) is 4.79 Å². The molecule has 0 aromatic carbocycles. The highest BCUT2D eigenvalue weighted by atomic mass is 16.6. The topological polar surface area (TPSA) is 153 Å². The van der Waals surface area contributed by atoms with Crippen LogP contribution < -0.4 is 11.2 Å². The van der Waals surface area contributed by atoms with Crippen molar-refractivity contribution in [1.82, 2.24) is 9.55 Å². The van der Waals surface area contributed by atoms with Crippen LogP contribution in [0.2, 0.25) is 0 Å². The van der Waals surface area contributed by atoms with Crippen molar-refractivity contribution in [1.29, 1.82) is 0 Å². The Morgan fingerprint density at radius 1 is 1.68 bits per heavy atom. The standard InChI is InChI=1S/C9H11N5O5/c10-13-12-9(3-5(16)6(4-15)19-9)14-2-1-7(17)11-8(14)18/h1-2,5-6,15-16H,3-4H2,(H,11,17,18)/t5-,6+,9-/m0/s1. The number of azide groups is 1. The van der Waals surface area contributed by atoms with Crippen molar-refractivity contribution in [3.05, 3.63) is 43.5 Å². The zero-order valence-electron chi connectivity index (χ0n) is 9.63. The molecule has 19 heavy (non-hydrogen) atoms. The lowest BCUT2D eigenvalue weighted by Gasteiger charge is -2.25. The van der Waals surface area contributed by atoms with Gasteiger partial charge in [-0.15, -0.1) is 0 Å². The summed E-state index contributed by atoms with van der Waals surface area (Å²) in [5, 5.41) is 22.1. The molecule has 0 bridgehead atoms. The first-order valence-electron chi connectivity index (χ1n) is 5.38. The molecule has 0 aliphatic carbocycles. The van der Waals surface area contributed by atoms with Crippen LogP contribution in [-0.4, -0.2) is 38.6 Å². The van der Waals surface area contributed by atoms with E-state index in [0.29, 0.717) is 0 Å². The van der Waals surface area contributed by atoms with Crippen molar-refractivity contribution < 1.29 is 14.9 Å². The molecule has 3 atom stereocenters. The van der Waals surface area contributed by atoms with E-state index in [-0.39, 0.29) is 6.42 Å². The molecular weight excluding hydrogens is 258 g/mol. The second kappa shape index (κ2) is 4.86. The molecule has 1 saturated heterocycles. The average molecular weight is 269 g/mol. The summed E-state index contributed by atoms with van der Waals surface area (Å²) in [7, 11) is 0. The van der Waals surface area contributed by atoms with Gasteiger partial charge in [-0.2, -0.15) is 0 Å². The number of nitrogens with zero attached hydrogens (tertiary/aromatic N) is 4. The molecule has 1 aromatic heterocycles. The molecular formula is C9H11N5O5. The number of ether oxygens (including phenoxy) is 1. The largest absolute Gasteiger partial charge is 0.394 e. The minimum absolute atomic E-state index is 0.214. The fourth-order valence-electron chi connectivity index (χ4n) is 1.96. The Bertz CT molecular complexity index is 632. The summed E-state index contributed by atoms with van der Waals surface area (Å²) in [6.07, 6.45) is -1.20. The maximum atomic E-state index is 11.7. The lowest BCUT2D eigenvalue weighted by molar-refractivity contribution is -0.115. The van der Waals surface area contributed by atoms with E-state index in [1.165, 1.54) is 0 Å². The summed E-state index contributed by atoms with van der Waals surface area (Å²) in [6.45, 7) is -0.498. The smallest absolute Gasteiger partial charge is 0.330 e. The summed E-state index contributed by atoms with van der Waals surface area (Å²) >= 11 is 0. The van der Waals surface area contributed by atoms with Gasteiger partial charge < -0.3 is 14.9 Å². The summed E-state index contributed by atoms with van der Waals surface area (Å²) in [4.78, 5) is 27.3. The van der Waals surface area contributed by atoms with E-state index in [2.05, 4.69) is 10.0 Å². The van der Waals surface area contributed by atoms with Gasteiger partial charge in [0.15, 0.2) is 0 Å². The zero-order valence-corrected chi connectivity index (χ0v) is 9.63. The number of H-pyrrole nitrogens is 1. The molecule has 0 spiro atoms. The molecule has 102 valence electrons. The van der Waals surface area contributed by atoms with E-state index in [0.717, 1.165) is 16.8 Å². The van der Waals surface area contributed by atoms with Gasteiger partial charge in [0.1, 0.15) is 6.10 Å². The van der Waals surface area contributed by atoms with Crippen molar-refractivity contribution in [2.45, 2.75) is 24.5 Å². The average Bonchev–Trinajstić information content (AvgIpc) is 2.66. The molecule has 0 saturated carbocycles. The van der Waals surface area contributed by atoms with Crippen molar-refractivity contribution in [2.24, 2.45) is 5.11 Å². The van der Waals surface area contributed by atoms with E-state index in [9.17, 15) is 14.7 Å². The van der Waals surface area contributed by atoms with E-state index in [1.807, 2.05) is 4.98 Å². The quantitative estimate of drug-likeness (QED) is 0.350. The van der Waals surface area contributed by atoms with E-state index in [4.69, 9.17) is 15.4 Å². The highest BCUT2D eigenvalue weighted by molar-refractivity contribution is 4.95. The first kappa shape index (κ1) is 13.3. The summed E-state index contributed by atoms with van der Waals surface area (Å²) in [5.74, 6) is -1.80. The first-order valence-corrected chi connectivity index (χ1v) is 5.38. The number of aromatic nitrogens is 2. The van der Waals surface area contributed by atoms with E-state index in [1.54, 1.807) is 0 Å². The summed E-state index contributed by atoms with van der Waals surface area (Å²) in [5.41, 5.74) is 7.13. The van der Waals surface area contributed by atoms with Gasteiger partial charge >= 0.3 is 5.69 Å². The highest BCUT2D eigenvalue weighted by Crippen LogP contribution is 2.35. The number of aromatic amines is 1. The van der Waals surface area contributed by atoms with Crippen molar-refractivity contribution in [3.63, 3.8) is 0 Å². The van der Waals surface area contributed by atoms with Gasteiger partial charge in [0.2, 0.25) is 5.85 Å².